The third-order valence-corrected chi connectivity index (χ3v) is 12.7. The lowest BCUT2D eigenvalue weighted by molar-refractivity contribution is -0.167. The maximum absolute atomic E-state index is 12.9. The van der Waals surface area contributed by atoms with E-state index in [0.717, 1.165) is 89.9 Å². The Labute approximate surface area is 421 Å². The van der Waals surface area contributed by atoms with Crippen molar-refractivity contribution in [2.24, 2.45) is 0 Å². The summed E-state index contributed by atoms with van der Waals surface area (Å²) in [5.41, 5.74) is 0. The van der Waals surface area contributed by atoms with E-state index < -0.39 is 6.10 Å². The second-order valence-electron chi connectivity index (χ2n) is 19.6. The van der Waals surface area contributed by atoms with Gasteiger partial charge in [-0.15, -0.1) is 0 Å². The van der Waals surface area contributed by atoms with E-state index in [4.69, 9.17) is 14.2 Å². The van der Waals surface area contributed by atoms with Gasteiger partial charge < -0.3 is 14.2 Å². The number of rotatable bonds is 53. The van der Waals surface area contributed by atoms with Crippen molar-refractivity contribution in [2.75, 3.05) is 13.2 Å². The quantitative estimate of drug-likeness (QED) is 0.0262. The predicted octanol–water partition coefficient (Wildman–Crippen LogP) is 19.6. The number of unbranched alkanes of at least 4 members (excludes halogenated alkanes) is 32. The fourth-order valence-electron chi connectivity index (χ4n) is 8.30. The molecule has 0 aromatic carbocycles. The third-order valence-electron chi connectivity index (χ3n) is 12.7. The monoisotopic (exact) mass is 951 g/mol. The standard InChI is InChI=1S/C62H110O6/c1-4-7-10-13-16-19-22-25-28-30-31-33-34-37-40-43-46-49-52-55-61(64)67-58-59(57-66-60(63)54-51-48-45-42-39-36-27-24-21-18-15-12-9-6-3)68-62(65)56-53-50-47-44-41-38-35-32-29-26-23-20-17-14-11-8-5-2/h16,19,24-25,27-28,31,33,37,40,59H,4-15,17-18,20-23,26,29-30,32,34-36,38-39,41-58H2,1-3H3/b19-16-,27-24-,28-25-,33-31-,40-37-/t59-/m1/s1. The van der Waals surface area contributed by atoms with Crippen molar-refractivity contribution in [3.63, 3.8) is 0 Å². The molecule has 0 amide bonds. The Bertz CT molecular complexity index is 1230. The summed E-state index contributed by atoms with van der Waals surface area (Å²) in [6, 6.07) is 0. The summed E-state index contributed by atoms with van der Waals surface area (Å²) in [5, 5.41) is 0. The molecule has 0 bridgehead atoms. The van der Waals surface area contributed by atoms with Crippen LogP contribution in [0.1, 0.15) is 297 Å². The Morgan fingerprint density at radius 1 is 0.294 bits per heavy atom. The van der Waals surface area contributed by atoms with Gasteiger partial charge in [-0.25, -0.2) is 0 Å². The van der Waals surface area contributed by atoms with E-state index in [9.17, 15) is 14.4 Å². The van der Waals surface area contributed by atoms with Crippen LogP contribution in [0.3, 0.4) is 0 Å². The first kappa shape index (κ1) is 65.1. The lowest BCUT2D eigenvalue weighted by atomic mass is 10.0. The molecule has 0 aliphatic carbocycles. The number of allylic oxidation sites excluding steroid dienone is 10. The first-order valence-corrected chi connectivity index (χ1v) is 29.3. The lowest BCUT2D eigenvalue weighted by Crippen LogP contribution is -2.30. The summed E-state index contributed by atoms with van der Waals surface area (Å²) in [5.74, 6) is -0.913. The van der Waals surface area contributed by atoms with Gasteiger partial charge in [0.1, 0.15) is 13.2 Å². The molecule has 0 aromatic rings. The molecule has 0 saturated heterocycles. The van der Waals surface area contributed by atoms with Gasteiger partial charge in [0.05, 0.1) is 0 Å². The molecule has 0 radical (unpaired) electrons. The van der Waals surface area contributed by atoms with Crippen molar-refractivity contribution >= 4 is 17.9 Å². The second kappa shape index (κ2) is 56.7. The van der Waals surface area contributed by atoms with Crippen LogP contribution in [0.15, 0.2) is 60.8 Å². The molecule has 0 aliphatic heterocycles. The van der Waals surface area contributed by atoms with Gasteiger partial charge in [-0.1, -0.05) is 248 Å². The SMILES string of the molecule is CCCCC/C=C\C/C=C\C/C=C\C/C=C\CCCCCC(=O)OC[C@@H](COC(=O)CCCCCCC/C=C\CCCCCCC)OC(=O)CCCCCCCCCCCCCCCCCCC. The highest BCUT2D eigenvalue weighted by atomic mass is 16.6. The van der Waals surface area contributed by atoms with Gasteiger partial charge in [-0.05, 0) is 89.9 Å². The van der Waals surface area contributed by atoms with Crippen LogP contribution in [-0.2, 0) is 28.6 Å². The maximum Gasteiger partial charge on any atom is 0.306 e. The first-order valence-electron chi connectivity index (χ1n) is 29.3. The van der Waals surface area contributed by atoms with Gasteiger partial charge >= 0.3 is 17.9 Å². The average Bonchev–Trinajstić information content (AvgIpc) is 3.34. The van der Waals surface area contributed by atoms with E-state index in [-0.39, 0.29) is 31.1 Å². The summed E-state index contributed by atoms with van der Waals surface area (Å²) >= 11 is 0. The molecule has 0 rings (SSSR count). The van der Waals surface area contributed by atoms with Crippen molar-refractivity contribution in [1.82, 2.24) is 0 Å². The maximum atomic E-state index is 12.9. The summed E-state index contributed by atoms with van der Waals surface area (Å²) in [6.45, 7) is 6.60. The zero-order chi connectivity index (χ0) is 49.3. The molecule has 394 valence electrons. The molecule has 0 aliphatic rings. The molecule has 0 fully saturated rings. The van der Waals surface area contributed by atoms with E-state index in [1.807, 2.05) is 0 Å². The van der Waals surface area contributed by atoms with Crippen LogP contribution in [0.25, 0.3) is 0 Å². The second-order valence-corrected chi connectivity index (χ2v) is 19.6. The largest absolute Gasteiger partial charge is 0.462 e. The normalized spacial score (nSPS) is 12.5. The zero-order valence-corrected chi connectivity index (χ0v) is 45.1. The molecule has 6 nitrogen and oxygen atoms in total. The van der Waals surface area contributed by atoms with Gasteiger partial charge in [-0.3, -0.25) is 14.4 Å². The average molecular weight is 952 g/mol. The number of hydrogen-bond acceptors (Lipinski definition) is 6. The van der Waals surface area contributed by atoms with Crippen molar-refractivity contribution < 1.29 is 28.6 Å². The molecule has 6 heteroatoms. The third kappa shape index (κ3) is 54.1. The van der Waals surface area contributed by atoms with Crippen LogP contribution in [0.4, 0.5) is 0 Å². The molecule has 0 saturated carbocycles. The zero-order valence-electron chi connectivity index (χ0n) is 45.1. The van der Waals surface area contributed by atoms with Crippen LogP contribution >= 0.6 is 0 Å². The Morgan fingerprint density at radius 3 is 0.882 bits per heavy atom. The predicted molar refractivity (Wildman–Crippen MR) is 293 cm³/mol. The van der Waals surface area contributed by atoms with E-state index in [0.29, 0.717) is 19.3 Å². The van der Waals surface area contributed by atoms with Crippen molar-refractivity contribution in [3.05, 3.63) is 60.8 Å². The van der Waals surface area contributed by atoms with Crippen LogP contribution in [0.5, 0.6) is 0 Å². The minimum Gasteiger partial charge on any atom is -0.462 e. The van der Waals surface area contributed by atoms with Crippen LogP contribution in [-0.4, -0.2) is 37.2 Å². The number of carbonyl (C=O) groups excluding carboxylic acids is 3. The van der Waals surface area contributed by atoms with E-state index in [2.05, 4.69) is 81.5 Å². The van der Waals surface area contributed by atoms with Crippen molar-refractivity contribution in [3.8, 4) is 0 Å². The highest BCUT2D eigenvalue weighted by Crippen LogP contribution is 2.16. The van der Waals surface area contributed by atoms with Crippen LogP contribution in [0, 0.1) is 0 Å². The number of carbonyl (C=O) groups is 3. The molecule has 0 aromatic heterocycles. The Hall–Kier alpha value is -2.89. The van der Waals surface area contributed by atoms with Crippen LogP contribution in [0.2, 0.25) is 0 Å². The molecular formula is C62H110O6. The smallest absolute Gasteiger partial charge is 0.306 e. The first-order chi connectivity index (χ1) is 33.5. The van der Waals surface area contributed by atoms with Crippen molar-refractivity contribution in [2.45, 2.75) is 303 Å². The van der Waals surface area contributed by atoms with Gasteiger partial charge in [-0.2, -0.15) is 0 Å². The molecule has 0 heterocycles. The van der Waals surface area contributed by atoms with Gasteiger partial charge in [0.15, 0.2) is 6.10 Å². The summed E-state index contributed by atoms with van der Waals surface area (Å²) in [6.07, 6.45) is 70.6. The number of hydrogen-bond donors (Lipinski definition) is 0. The molecule has 0 unspecified atom stereocenters. The number of ether oxygens (including phenoxy) is 3. The van der Waals surface area contributed by atoms with Gasteiger partial charge in [0, 0.05) is 19.3 Å². The van der Waals surface area contributed by atoms with E-state index in [1.165, 1.54) is 167 Å². The summed E-state index contributed by atoms with van der Waals surface area (Å²) in [4.78, 5) is 38.2. The summed E-state index contributed by atoms with van der Waals surface area (Å²) < 4.78 is 16.9. The van der Waals surface area contributed by atoms with Gasteiger partial charge in [0.25, 0.3) is 0 Å². The Kier molecular flexibility index (Phi) is 54.3. The molecule has 1 atom stereocenters. The molecule has 68 heavy (non-hydrogen) atoms. The summed E-state index contributed by atoms with van der Waals surface area (Å²) in [7, 11) is 0. The minimum atomic E-state index is -0.789. The highest BCUT2D eigenvalue weighted by Gasteiger charge is 2.19. The number of esters is 3. The Balaban J connectivity index is 4.42. The van der Waals surface area contributed by atoms with E-state index in [1.54, 1.807) is 0 Å². The highest BCUT2D eigenvalue weighted by molar-refractivity contribution is 5.71. The molecular weight excluding hydrogens is 841 g/mol. The van der Waals surface area contributed by atoms with E-state index >= 15 is 0 Å². The minimum absolute atomic E-state index is 0.0864. The van der Waals surface area contributed by atoms with Gasteiger partial charge in [0.2, 0.25) is 0 Å². The molecule has 0 N–H and O–H groups in total. The Morgan fingerprint density at radius 2 is 0.529 bits per heavy atom. The van der Waals surface area contributed by atoms with Crippen molar-refractivity contribution in [1.29, 1.82) is 0 Å². The lowest BCUT2D eigenvalue weighted by Gasteiger charge is -2.18. The van der Waals surface area contributed by atoms with Crippen LogP contribution < -0.4 is 0 Å². The fraction of sp³-hybridized carbons (Fsp3) is 0.790. The fourth-order valence-corrected chi connectivity index (χ4v) is 8.30. The topological polar surface area (TPSA) is 78.9 Å². The molecule has 0 spiro atoms.